The van der Waals surface area contributed by atoms with Gasteiger partial charge in [0.25, 0.3) is 0 Å². The Balaban J connectivity index is 2.19. The van der Waals surface area contributed by atoms with Crippen LogP contribution < -0.4 is 0 Å². The van der Waals surface area contributed by atoms with Crippen LogP contribution in [-0.2, 0) is 0 Å². The van der Waals surface area contributed by atoms with Crippen LogP contribution in [0.25, 0.3) is 12.2 Å². The molecule has 2 aromatic rings. The molecule has 0 spiro atoms. The summed E-state index contributed by atoms with van der Waals surface area (Å²) < 4.78 is 110. The third-order valence-corrected chi connectivity index (χ3v) is 5.87. The van der Waals surface area contributed by atoms with E-state index in [0.717, 1.165) is 0 Å². The Morgan fingerprint density at radius 2 is 0.750 bits per heavy atom. The lowest BCUT2D eigenvalue weighted by molar-refractivity contribution is 0.423. The van der Waals surface area contributed by atoms with Gasteiger partial charge in [0.05, 0.1) is 20.9 Å². The van der Waals surface area contributed by atoms with Crippen molar-refractivity contribution in [2.75, 3.05) is 11.5 Å². The zero-order valence-corrected chi connectivity index (χ0v) is 15.5. The number of hydrogen-bond donors (Lipinski definition) is 0. The highest BCUT2D eigenvalue weighted by Crippen LogP contribution is 2.35. The van der Waals surface area contributed by atoms with Gasteiger partial charge in [0.15, 0.2) is 46.5 Å². The quantitative estimate of drug-likeness (QED) is 0.197. The zero-order valence-electron chi connectivity index (χ0n) is 13.8. The molecule has 0 nitrogen and oxygen atoms in total. The van der Waals surface area contributed by atoms with Crippen LogP contribution in [0.1, 0.15) is 11.1 Å². The van der Waals surface area contributed by atoms with Gasteiger partial charge in [-0.15, -0.1) is 23.5 Å². The van der Waals surface area contributed by atoms with Gasteiger partial charge in [0.1, 0.15) is 0 Å². The highest BCUT2D eigenvalue weighted by atomic mass is 32.2. The molecule has 0 radical (unpaired) electrons. The smallest absolute Gasteiger partial charge is 0.176 e. The van der Waals surface area contributed by atoms with Crippen LogP contribution in [0, 0.1) is 46.5 Å². The van der Waals surface area contributed by atoms with Gasteiger partial charge in [-0.1, -0.05) is 25.3 Å². The first kappa shape index (κ1) is 22.4. The molecule has 0 aromatic heterocycles. The van der Waals surface area contributed by atoms with Crippen LogP contribution in [0.4, 0.5) is 35.1 Å². The van der Waals surface area contributed by atoms with E-state index < -0.39 is 67.5 Å². The highest BCUT2D eigenvalue weighted by molar-refractivity contribution is 8.03. The monoisotopic (exact) mass is 442 g/mol. The molecule has 0 saturated carbocycles. The van der Waals surface area contributed by atoms with Gasteiger partial charge in [-0.2, -0.15) is 0 Å². The molecular formula is C18H10F8S2. The van der Waals surface area contributed by atoms with Crippen molar-refractivity contribution in [2.45, 2.75) is 9.79 Å². The summed E-state index contributed by atoms with van der Waals surface area (Å²) in [5, 5.41) is 0. The van der Waals surface area contributed by atoms with E-state index in [1.54, 1.807) is 0 Å². The predicted octanol–water partition coefficient (Wildman–Crippen LogP) is 6.97. The van der Waals surface area contributed by atoms with E-state index in [0.29, 0.717) is 35.7 Å². The lowest BCUT2D eigenvalue weighted by atomic mass is 10.2. The van der Waals surface area contributed by atoms with Crippen LogP contribution in [0.3, 0.4) is 0 Å². The van der Waals surface area contributed by atoms with Crippen molar-refractivity contribution in [3.8, 4) is 0 Å². The molecule has 10 heteroatoms. The molecule has 0 fully saturated rings. The maximum absolute atomic E-state index is 13.9. The second-order valence-electron chi connectivity index (χ2n) is 5.10. The number of hydrogen-bond acceptors (Lipinski definition) is 2. The van der Waals surface area contributed by atoms with Crippen LogP contribution in [0.2, 0.25) is 0 Å². The standard InChI is InChI=1S/C18H10F8S2/c1-3-7-9(19)13(23)17(14(24)10(7)20)27-5-6-28-18-15(25)11(21)8(4-2)12(22)16(18)26/h3-4H,1-2,5-6H2. The summed E-state index contributed by atoms with van der Waals surface area (Å²) in [6, 6.07) is 0. The van der Waals surface area contributed by atoms with Crippen molar-refractivity contribution in [1.29, 1.82) is 0 Å². The number of thioether (sulfide) groups is 2. The lowest BCUT2D eigenvalue weighted by Crippen LogP contribution is -2.04. The topological polar surface area (TPSA) is 0 Å². The minimum atomic E-state index is -1.64. The third kappa shape index (κ3) is 3.93. The Morgan fingerprint density at radius 3 is 0.964 bits per heavy atom. The first-order chi connectivity index (χ1) is 13.2. The molecule has 0 saturated heterocycles. The number of benzene rings is 2. The molecule has 0 aliphatic rings. The van der Waals surface area contributed by atoms with Gasteiger partial charge in [-0.3, -0.25) is 0 Å². The highest BCUT2D eigenvalue weighted by Gasteiger charge is 2.26. The van der Waals surface area contributed by atoms with Gasteiger partial charge in [0.2, 0.25) is 0 Å². The Kier molecular flexibility index (Phi) is 7.22. The third-order valence-electron chi connectivity index (χ3n) is 3.50. The average molecular weight is 442 g/mol. The molecule has 0 aliphatic carbocycles. The van der Waals surface area contributed by atoms with E-state index in [1.807, 2.05) is 0 Å². The minimum Gasteiger partial charge on any atom is -0.203 e. The van der Waals surface area contributed by atoms with E-state index >= 15 is 0 Å². The molecule has 0 bridgehead atoms. The van der Waals surface area contributed by atoms with Crippen LogP contribution in [-0.4, -0.2) is 11.5 Å². The molecule has 0 N–H and O–H groups in total. The minimum absolute atomic E-state index is 0.282. The summed E-state index contributed by atoms with van der Waals surface area (Å²) in [6.45, 7) is 6.11. The molecule has 0 atom stereocenters. The Hall–Kier alpha value is -1.94. The Morgan fingerprint density at radius 1 is 0.500 bits per heavy atom. The van der Waals surface area contributed by atoms with Crippen molar-refractivity contribution in [3.05, 3.63) is 70.8 Å². The molecule has 150 valence electrons. The van der Waals surface area contributed by atoms with Crippen molar-refractivity contribution in [1.82, 2.24) is 0 Å². The van der Waals surface area contributed by atoms with Gasteiger partial charge >= 0.3 is 0 Å². The van der Waals surface area contributed by atoms with Crippen LogP contribution >= 0.6 is 23.5 Å². The normalized spacial score (nSPS) is 11.0. The summed E-state index contributed by atoms with van der Waals surface area (Å²) in [6.07, 6.45) is 1.23. The van der Waals surface area contributed by atoms with E-state index in [2.05, 4.69) is 13.2 Å². The van der Waals surface area contributed by atoms with E-state index in [1.165, 1.54) is 0 Å². The molecule has 2 rings (SSSR count). The fourth-order valence-electron chi connectivity index (χ4n) is 2.16. The zero-order chi connectivity index (χ0) is 21.2. The Bertz CT molecular complexity index is 820. The largest absolute Gasteiger partial charge is 0.203 e. The maximum Gasteiger partial charge on any atom is 0.176 e. The van der Waals surface area contributed by atoms with Gasteiger partial charge in [-0.25, -0.2) is 35.1 Å². The van der Waals surface area contributed by atoms with Gasteiger partial charge in [-0.05, 0) is 0 Å². The molecule has 0 aliphatic heterocycles. The summed E-state index contributed by atoms with van der Waals surface area (Å²) in [5.74, 6) is -13.7. The molecule has 0 heterocycles. The fraction of sp³-hybridized carbons (Fsp3) is 0.111. The van der Waals surface area contributed by atoms with E-state index in [4.69, 9.17) is 0 Å². The van der Waals surface area contributed by atoms with E-state index in [-0.39, 0.29) is 11.5 Å². The van der Waals surface area contributed by atoms with Crippen molar-refractivity contribution in [2.24, 2.45) is 0 Å². The van der Waals surface area contributed by atoms with Crippen LogP contribution in [0.15, 0.2) is 22.9 Å². The SMILES string of the molecule is C=Cc1c(F)c(F)c(SCCSc2c(F)c(F)c(C=C)c(F)c2F)c(F)c1F. The molecule has 0 amide bonds. The first-order valence-corrected chi connectivity index (χ1v) is 9.36. The number of halogens is 8. The Labute approximate surface area is 163 Å². The molecular weight excluding hydrogens is 432 g/mol. The van der Waals surface area contributed by atoms with Crippen molar-refractivity contribution in [3.63, 3.8) is 0 Å². The summed E-state index contributed by atoms with van der Waals surface area (Å²) in [5.41, 5.74) is -1.93. The fourth-order valence-corrected chi connectivity index (χ4v) is 4.10. The maximum atomic E-state index is 13.9. The van der Waals surface area contributed by atoms with Crippen molar-refractivity contribution >= 4 is 35.7 Å². The van der Waals surface area contributed by atoms with Crippen molar-refractivity contribution < 1.29 is 35.1 Å². The molecule has 0 unspecified atom stereocenters. The lowest BCUT2D eigenvalue weighted by Gasteiger charge is -2.11. The summed E-state index contributed by atoms with van der Waals surface area (Å²) in [4.78, 5) is -1.94. The second kappa shape index (κ2) is 9.04. The summed E-state index contributed by atoms with van der Waals surface area (Å²) >= 11 is 0.669. The first-order valence-electron chi connectivity index (χ1n) is 7.39. The van der Waals surface area contributed by atoms with Gasteiger partial charge < -0.3 is 0 Å². The molecule has 2 aromatic carbocycles. The molecule has 28 heavy (non-hydrogen) atoms. The van der Waals surface area contributed by atoms with E-state index in [9.17, 15) is 35.1 Å². The van der Waals surface area contributed by atoms with Gasteiger partial charge in [0, 0.05) is 11.5 Å². The number of rotatable bonds is 7. The van der Waals surface area contributed by atoms with Crippen LogP contribution in [0.5, 0.6) is 0 Å². The average Bonchev–Trinajstić information content (AvgIpc) is 2.67. The second-order valence-corrected chi connectivity index (χ2v) is 7.31. The predicted molar refractivity (Wildman–Crippen MR) is 94.2 cm³/mol. The summed E-state index contributed by atoms with van der Waals surface area (Å²) in [7, 11) is 0.